The van der Waals surface area contributed by atoms with Crippen LogP contribution >= 0.6 is 0 Å². The Bertz CT molecular complexity index is 196. The quantitative estimate of drug-likeness (QED) is 0.208. The molecule has 23 heavy (non-hydrogen) atoms. The van der Waals surface area contributed by atoms with Gasteiger partial charge >= 0.3 is 0 Å². The van der Waals surface area contributed by atoms with E-state index in [0.29, 0.717) is 0 Å². The van der Waals surface area contributed by atoms with Gasteiger partial charge in [-0.05, 0) is 5.92 Å². The van der Waals surface area contributed by atoms with Crippen LogP contribution in [0, 0.1) is 12.8 Å². The minimum Gasteiger partial charge on any atom is -0.0654 e. The SMILES string of the molecule is [CH2]CCCC(CCCCCCC)CCCCCCCCCCC. The normalized spacial score (nSPS) is 12.7. The Morgan fingerprint density at radius 3 is 1.22 bits per heavy atom. The van der Waals surface area contributed by atoms with Crippen molar-refractivity contribution in [1.82, 2.24) is 0 Å². The largest absolute Gasteiger partial charge is 0.0654 e. The minimum atomic E-state index is 1.00. The monoisotopic (exact) mass is 323 g/mol. The molecule has 1 atom stereocenters. The molecule has 0 nitrogen and oxygen atoms in total. The molecule has 0 aliphatic rings. The van der Waals surface area contributed by atoms with Gasteiger partial charge in [-0.1, -0.05) is 143 Å². The zero-order valence-electron chi connectivity index (χ0n) is 16.7. The fourth-order valence-corrected chi connectivity index (χ4v) is 3.65. The molecule has 0 heteroatoms. The van der Waals surface area contributed by atoms with Gasteiger partial charge in [-0.25, -0.2) is 0 Å². The molecular formula is C23H47. The van der Waals surface area contributed by atoms with E-state index in [1.807, 2.05) is 0 Å². The average Bonchev–Trinajstić information content (AvgIpc) is 2.57. The predicted octanol–water partition coefficient (Wildman–Crippen LogP) is 8.89. The van der Waals surface area contributed by atoms with Crippen molar-refractivity contribution in [2.45, 2.75) is 136 Å². The van der Waals surface area contributed by atoms with Crippen molar-refractivity contribution >= 4 is 0 Å². The zero-order valence-corrected chi connectivity index (χ0v) is 16.7. The van der Waals surface area contributed by atoms with E-state index < -0.39 is 0 Å². The van der Waals surface area contributed by atoms with Crippen molar-refractivity contribution in [1.29, 1.82) is 0 Å². The van der Waals surface area contributed by atoms with Crippen molar-refractivity contribution < 1.29 is 0 Å². The molecule has 0 aromatic heterocycles. The van der Waals surface area contributed by atoms with E-state index in [2.05, 4.69) is 20.8 Å². The molecule has 0 aromatic carbocycles. The first-order valence-corrected chi connectivity index (χ1v) is 11.1. The van der Waals surface area contributed by atoms with Crippen LogP contribution in [0.5, 0.6) is 0 Å². The van der Waals surface area contributed by atoms with Gasteiger partial charge in [0, 0.05) is 0 Å². The highest BCUT2D eigenvalue weighted by Crippen LogP contribution is 2.23. The molecule has 139 valence electrons. The Hall–Kier alpha value is 0. The summed E-state index contributed by atoms with van der Waals surface area (Å²) in [5.74, 6) is 1.00. The van der Waals surface area contributed by atoms with E-state index in [-0.39, 0.29) is 0 Å². The third-order valence-corrected chi connectivity index (χ3v) is 5.29. The highest BCUT2D eigenvalue weighted by molar-refractivity contribution is 4.62. The molecule has 0 spiro atoms. The maximum atomic E-state index is 4.03. The maximum Gasteiger partial charge on any atom is -0.0414 e. The van der Waals surface area contributed by atoms with Crippen LogP contribution in [-0.2, 0) is 0 Å². The number of rotatable bonds is 19. The molecule has 0 saturated carbocycles. The third-order valence-electron chi connectivity index (χ3n) is 5.29. The number of hydrogen-bond acceptors (Lipinski definition) is 0. The Balaban J connectivity index is 3.51. The van der Waals surface area contributed by atoms with Gasteiger partial charge in [0.25, 0.3) is 0 Å². The zero-order chi connectivity index (χ0) is 17.0. The summed E-state index contributed by atoms with van der Waals surface area (Å²) in [4.78, 5) is 0. The lowest BCUT2D eigenvalue weighted by Gasteiger charge is -2.16. The molecule has 1 radical (unpaired) electrons. The molecular weight excluding hydrogens is 276 g/mol. The van der Waals surface area contributed by atoms with E-state index in [9.17, 15) is 0 Å². The lowest BCUT2D eigenvalue weighted by Crippen LogP contribution is -2.01. The van der Waals surface area contributed by atoms with Gasteiger partial charge in [0.05, 0.1) is 0 Å². The van der Waals surface area contributed by atoms with Crippen molar-refractivity contribution in [3.63, 3.8) is 0 Å². The van der Waals surface area contributed by atoms with Crippen molar-refractivity contribution in [3.8, 4) is 0 Å². The highest BCUT2D eigenvalue weighted by Gasteiger charge is 2.08. The second-order valence-electron chi connectivity index (χ2n) is 7.68. The minimum absolute atomic E-state index is 1.00. The van der Waals surface area contributed by atoms with Gasteiger partial charge in [-0.3, -0.25) is 0 Å². The standard InChI is InChI=1S/C23H47/c1-4-7-10-12-13-14-15-17-19-22-23(20-9-6-3)21-18-16-11-8-5-2/h23H,3-22H2,1-2H3. The molecule has 0 aromatic rings. The van der Waals surface area contributed by atoms with Crippen LogP contribution in [0.4, 0.5) is 0 Å². The second-order valence-corrected chi connectivity index (χ2v) is 7.68. The average molecular weight is 324 g/mol. The predicted molar refractivity (Wildman–Crippen MR) is 108 cm³/mol. The van der Waals surface area contributed by atoms with E-state index in [1.165, 1.54) is 116 Å². The first-order valence-electron chi connectivity index (χ1n) is 11.1. The number of hydrogen-bond donors (Lipinski definition) is 0. The molecule has 0 saturated heterocycles. The molecule has 0 fully saturated rings. The summed E-state index contributed by atoms with van der Waals surface area (Å²) in [5, 5.41) is 0. The van der Waals surface area contributed by atoms with E-state index >= 15 is 0 Å². The Labute approximate surface area is 149 Å². The lowest BCUT2D eigenvalue weighted by atomic mass is 9.90. The second kappa shape index (κ2) is 20.0. The topological polar surface area (TPSA) is 0 Å². The summed E-state index contributed by atoms with van der Waals surface area (Å²) in [5.41, 5.74) is 0. The first-order chi connectivity index (χ1) is 11.3. The van der Waals surface area contributed by atoms with Crippen molar-refractivity contribution in [2.24, 2.45) is 5.92 Å². The fraction of sp³-hybridized carbons (Fsp3) is 0.957. The summed E-state index contributed by atoms with van der Waals surface area (Å²) in [6, 6.07) is 0. The van der Waals surface area contributed by atoms with Crippen molar-refractivity contribution in [3.05, 3.63) is 6.92 Å². The van der Waals surface area contributed by atoms with Gasteiger partial charge in [-0.15, -0.1) is 0 Å². The summed E-state index contributed by atoms with van der Waals surface area (Å²) in [6.07, 6.45) is 27.2. The van der Waals surface area contributed by atoms with Gasteiger partial charge in [0.1, 0.15) is 0 Å². The number of unbranched alkanes of at least 4 members (excludes halogenated alkanes) is 13. The van der Waals surface area contributed by atoms with Gasteiger partial charge in [0.15, 0.2) is 0 Å². The third kappa shape index (κ3) is 18.2. The summed E-state index contributed by atoms with van der Waals surface area (Å²) < 4.78 is 0. The van der Waals surface area contributed by atoms with Crippen LogP contribution in [0.15, 0.2) is 0 Å². The summed E-state index contributed by atoms with van der Waals surface area (Å²) >= 11 is 0. The smallest absolute Gasteiger partial charge is 0.0414 e. The molecule has 0 N–H and O–H groups in total. The molecule has 0 bridgehead atoms. The highest BCUT2D eigenvalue weighted by atomic mass is 14.1. The molecule has 0 heterocycles. The van der Waals surface area contributed by atoms with Crippen LogP contribution in [0.1, 0.15) is 136 Å². The maximum absolute atomic E-state index is 4.03. The molecule has 0 amide bonds. The van der Waals surface area contributed by atoms with Crippen LogP contribution in [-0.4, -0.2) is 0 Å². The van der Waals surface area contributed by atoms with Crippen molar-refractivity contribution in [2.75, 3.05) is 0 Å². The lowest BCUT2D eigenvalue weighted by molar-refractivity contribution is 0.373. The van der Waals surface area contributed by atoms with E-state index in [4.69, 9.17) is 0 Å². The van der Waals surface area contributed by atoms with Crippen LogP contribution in [0.2, 0.25) is 0 Å². The molecule has 0 aliphatic carbocycles. The molecule has 0 rings (SSSR count). The summed E-state index contributed by atoms with van der Waals surface area (Å²) in [6.45, 7) is 8.64. The van der Waals surface area contributed by atoms with Gasteiger partial charge in [-0.2, -0.15) is 0 Å². The first kappa shape index (κ1) is 23.0. The van der Waals surface area contributed by atoms with Crippen LogP contribution in [0.25, 0.3) is 0 Å². The summed E-state index contributed by atoms with van der Waals surface area (Å²) in [7, 11) is 0. The Kier molecular flexibility index (Phi) is 20.0. The van der Waals surface area contributed by atoms with Crippen LogP contribution < -0.4 is 0 Å². The Morgan fingerprint density at radius 1 is 0.478 bits per heavy atom. The van der Waals surface area contributed by atoms with E-state index in [1.54, 1.807) is 0 Å². The Morgan fingerprint density at radius 2 is 0.826 bits per heavy atom. The van der Waals surface area contributed by atoms with E-state index in [0.717, 1.165) is 12.3 Å². The molecule has 1 unspecified atom stereocenters. The molecule has 0 aliphatic heterocycles. The van der Waals surface area contributed by atoms with Gasteiger partial charge < -0.3 is 0 Å². The van der Waals surface area contributed by atoms with Gasteiger partial charge in [0.2, 0.25) is 0 Å². The van der Waals surface area contributed by atoms with Crippen LogP contribution in [0.3, 0.4) is 0 Å². The fourth-order valence-electron chi connectivity index (χ4n) is 3.65.